The number of benzene rings is 5. The summed E-state index contributed by atoms with van der Waals surface area (Å²) >= 11 is 0. The minimum Gasteiger partial charge on any atom is -0.424 e. The number of fused-ring (bicyclic) bond motifs is 2. The van der Waals surface area contributed by atoms with E-state index < -0.39 is 0 Å². The molecule has 0 amide bonds. The molecule has 0 aliphatic rings. The van der Waals surface area contributed by atoms with Crippen LogP contribution in [0.5, 0.6) is 11.8 Å². The lowest BCUT2D eigenvalue weighted by Gasteiger charge is -2.11. The van der Waals surface area contributed by atoms with Crippen LogP contribution in [-0.2, 0) is 13.0 Å². The van der Waals surface area contributed by atoms with E-state index in [0.717, 1.165) is 33.9 Å². The number of hydrogen-bond acceptors (Lipinski definition) is 5. The number of anilines is 1. The van der Waals surface area contributed by atoms with Crippen LogP contribution in [0.3, 0.4) is 0 Å². The summed E-state index contributed by atoms with van der Waals surface area (Å²) in [5, 5.41) is 5.74. The van der Waals surface area contributed by atoms with Crippen molar-refractivity contribution in [2.45, 2.75) is 13.0 Å². The third-order valence-electron chi connectivity index (χ3n) is 7.34. The highest BCUT2D eigenvalue weighted by Gasteiger charge is 2.15. The molecule has 0 fully saturated rings. The summed E-state index contributed by atoms with van der Waals surface area (Å²) in [6.45, 7) is 1.33. The maximum absolute atomic E-state index is 6.24. The zero-order valence-electron chi connectivity index (χ0n) is 23.0. The van der Waals surface area contributed by atoms with Gasteiger partial charge in [-0.15, -0.1) is 0 Å². The molecule has 42 heavy (non-hydrogen) atoms. The average molecular weight is 548 g/mol. The summed E-state index contributed by atoms with van der Waals surface area (Å²) in [5.41, 5.74) is 6.24. The van der Waals surface area contributed by atoms with E-state index in [4.69, 9.17) is 19.7 Å². The first-order valence-electron chi connectivity index (χ1n) is 14.1. The molecule has 0 aliphatic carbocycles. The largest absolute Gasteiger partial charge is 0.424 e. The minimum atomic E-state index is 0.279. The first-order chi connectivity index (χ1) is 20.8. The molecular formula is C36H29N5O. The Labute approximate surface area is 244 Å². The zero-order valence-corrected chi connectivity index (χ0v) is 23.0. The second-order valence-electron chi connectivity index (χ2n) is 10.2. The Bertz CT molecular complexity index is 1950. The summed E-state index contributed by atoms with van der Waals surface area (Å²) in [6.07, 6.45) is 2.69. The van der Waals surface area contributed by atoms with Crippen molar-refractivity contribution in [2.24, 2.45) is 0 Å². The fraction of sp³-hybridized carbons (Fsp3) is 0.0833. The van der Waals surface area contributed by atoms with Crippen LogP contribution in [0.1, 0.15) is 11.1 Å². The molecule has 1 N–H and O–H groups in total. The van der Waals surface area contributed by atoms with Crippen molar-refractivity contribution in [1.29, 1.82) is 0 Å². The van der Waals surface area contributed by atoms with E-state index in [1.807, 2.05) is 53.4 Å². The molecule has 7 aromatic rings. The molecule has 204 valence electrons. The van der Waals surface area contributed by atoms with Gasteiger partial charge in [0.1, 0.15) is 5.75 Å². The molecule has 6 nitrogen and oxygen atoms in total. The summed E-state index contributed by atoms with van der Waals surface area (Å²) in [6, 6.07) is 43.9. The molecule has 7 rings (SSSR count). The maximum atomic E-state index is 6.24. The van der Waals surface area contributed by atoms with Crippen LogP contribution in [0, 0.1) is 0 Å². The Morgan fingerprint density at radius 3 is 2.17 bits per heavy atom. The SMILES string of the molecule is c1ccc(CCNc2nc(Oc3ccc4ccccc4c3)nc3c2ncn3Cc2ccc(-c3ccccc3)cc2)cc1. The Balaban J connectivity index is 1.19. The Morgan fingerprint density at radius 2 is 1.36 bits per heavy atom. The van der Waals surface area contributed by atoms with Crippen LogP contribution in [0.2, 0.25) is 0 Å². The van der Waals surface area contributed by atoms with Gasteiger partial charge in [0.2, 0.25) is 0 Å². The van der Waals surface area contributed by atoms with Crippen molar-refractivity contribution in [2.75, 3.05) is 11.9 Å². The first kappa shape index (κ1) is 25.5. The summed E-state index contributed by atoms with van der Waals surface area (Å²) in [7, 11) is 0. The van der Waals surface area contributed by atoms with Crippen LogP contribution in [0.4, 0.5) is 5.82 Å². The van der Waals surface area contributed by atoms with Crippen molar-refractivity contribution in [3.05, 3.63) is 145 Å². The van der Waals surface area contributed by atoms with Gasteiger partial charge in [0.25, 0.3) is 0 Å². The summed E-state index contributed by atoms with van der Waals surface area (Å²) < 4.78 is 8.28. The lowest BCUT2D eigenvalue weighted by atomic mass is 10.0. The lowest BCUT2D eigenvalue weighted by Crippen LogP contribution is -2.09. The predicted octanol–water partition coefficient (Wildman–Crippen LogP) is 8.14. The highest BCUT2D eigenvalue weighted by molar-refractivity contribution is 5.85. The zero-order chi connectivity index (χ0) is 28.1. The van der Waals surface area contributed by atoms with Gasteiger partial charge in [-0.25, -0.2) is 4.98 Å². The second kappa shape index (κ2) is 11.6. The van der Waals surface area contributed by atoms with Gasteiger partial charge in [-0.05, 0) is 51.6 Å². The molecule has 0 spiro atoms. The number of aromatic nitrogens is 4. The third kappa shape index (κ3) is 5.56. The Kier molecular flexibility index (Phi) is 7.01. The van der Waals surface area contributed by atoms with Crippen molar-refractivity contribution >= 4 is 27.8 Å². The standard InChI is InChI=1S/C36H29N5O/c1-3-9-26(10-4-1)21-22-37-34-33-35(40-36(39-34)42-32-20-19-29-13-7-8-14-31(29)23-32)41(25-38-33)24-27-15-17-30(18-16-27)28-11-5-2-6-12-28/h1-20,23,25H,21-22,24H2,(H,37,39,40). The average Bonchev–Trinajstić information content (AvgIpc) is 3.45. The van der Waals surface area contributed by atoms with E-state index in [9.17, 15) is 0 Å². The van der Waals surface area contributed by atoms with Gasteiger partial charge < -0.3 is 14.6 Å². The molecule has 0 saturated heterocycles. The topological polar surface area (TPSA) is 64.9 Å². The van der Waals surface area contributed by atoms with E-state index in [2.05, 4.69) is 90.2 Å². The van der Waals surface area contributed by atoms with Crippen LogP contribution in [0.15, 0.2) is 134 Å². The van der Waals surface area contributed by atoms with Gasteiger partial charge in [-0.2, -0.15) is 9.97 Å². The normalized spacial score (nSPS) is 11.1. The number of rotatable bonds is 9. The van der Waals surface area contributed by atoms with Gasteiger partial charge in [0, 0.05) is 6.54 Å². The third-order valence-corrected chi connectivity index (χ3v) is 7.34. The van der Waals surface area contributed by atoms with Gasteiger partial charge in [-0.1, -0.05) is 115 Å². The van der Waals surface area contributed by atoms with Gasteiger partial charge in [0.05, 0.1) is 12.9 Å². The van der Waals surface area contributed by atoms with E-state index in [0.29, 0.717) is 24.7 Å². The molecule has 2 aromatic heterocycles. The molecule has 0 unspecified atom stereocenters. The summed E-state index contributed by atoms with van der Waals surface area (Å²) in [4.78, 5) is 14.3. The maximum Gasteiger partial charge on any atom is 0.326 e. The van der Waals surface area contributed by atoms with Crippen molar-refractivity contribution in [3.8, 4) is 22.9 Å². The molecule has 5 aromatic carbocycles. The Morgan fingerprint density at radius 1 is 0.643 bits per heavy atom. The number of hydrogen-bond donors (Lipinski definition) is 1. The quantitative estimate of drug-likeness (QED) is 0.198. The van der Waals surface area contributed by atoms with Gasteiger partial charge >= 0.3 is 6.01 Å². The molecule has 0 atom stereocenters. The van der Waals surface area contributed by atoms with E-state index in [-0.39, 0.29) is 6.01 Å². The number of nitrogens with one attached hydrogen (secondary N) is 1. The van der Waals surface area contributed by atoms with Crippen molar-refractivity contribution < 1.29 is 4.74 Å². The summed E-state index contributed by atoms with van der Waals surface area (Å²) in [5.74, 6) is 1.34. The fourth-order valence-corrected chi connectivity index (χ4v) is 5.15. The minimum absolute atomic E-state index is 0.279. The Hall–Kier alpha value is -5.49. The lowest BCUT2D eigenvalue weighted by molar-refractivity contribution is 0.444. The van der Waals surface area contributed by atoms with Crippen LogP contribution in [0.25, 0.3) is 33.1 Å². The van der Waals surface area contributed by atoms with E-state index in [1.54, 1.807) is 0 Å². The highest BCUT2D eigenvalue weighted by Crippen LogP contribution is 2.28. The highest BCUT2D eigenvalue weighted by atomic mass is 16.5. The number of ether oxygens (including phenoxy) is 1. The van der Waals surface area contributed by atoms with E-state index >= 15 is 0 Å². The van der Waals surface area contributed by atoms with Crippen molar-refractivity contribution in [1.82, 2.24) is 19.5 Å². The number of nitrogens with zero attached hydrogens (tertiary/aromatic N) is 4. The molecule has 2 heterocycles. The molecule has 0 aliphatic heterocycles. The predicted molar refractivity (Wildman–Crippen MR) is 169 cm³/mol. The second-order valence-corrected chi connectivity index (χ2v) is 10.2. The molecule has 0 radical (unpaired) electrons. The number of imidazole rings is 1. The van der Waals surface area contributed by atoms with Crippen molar-refractivity contribution in [3.63, 3.8) is 0 Å². The fourth-order valence-electron chi connectivity index (χ4n) is 5.15. The first-order valence-corrected chi connectivity index (χ1v) is 14.1. The molecule has 0 saturated carbocycles. The van der Waals surface area contributed by atoms with Crippen LogP contribution in [-0.4, -0.2) is 26.1 Å². The van der Waals surface area contributed by atoms with Crippen LogP contribution >= 0.6 is 0 Å². The molecule has 6 heteroatoms. The van der Waals surface area contributed by atoms with Gasteiger partial charge in [-0.3, -0.25) is 0 Å². The smallest absolute Gasteiger partial charge is 0.326 e. The van der Waals surface area contributed by atoms with Crippen LogP contribution < -0.4 is 10.1 Å². The monoisotopic (exact) mass is 547 g/mol. The molecular weight excluding hydrogens is 518 g/mol. The van der Waals surface area contributed by atoms with Gasteiger partial charge in [0.15, 0.2) is 17.0 Å². The molecule has 0 bridgehead atoms. The van der Waals surface area contributed by atoms with E-state index in [1.165, 1.54) is 16.7 Å².